The number of urea groups is 1. The van der Waals surface area contributed by atoms with Gasteiger partial charge in [0.15, 0.2) is 15.0 Å². The largest absolute Gasteiger partial charge is 0.341 e. The number of nitrogens with one attached hydrogen (secondary N) is 2. The van der Waals surface area contributed by atoms with Crippen LogP contribution in [0.4, 0.5) is 9.93 Å². The van der Waals surface area contributed by atoms with Gasteiger partial charge in [-0.2, -0.15) is 0 Å². The lowest BCUT2D eigenvalue weighted by atomic mass is 9.87. The van der Waals surface area contributed by atoms with Crippen molar-refractivity contribution in [3.05, 3.63) is 40.4 Å². The summed E-state index contributed by atoms with van der Waals surface area (Å²) in [5, 5.41) is 5.59. The molecule has 2 aromatic rings. The summed E-state index contributed by atoms with van der Waals surface area (Å²) in [5.74, 6) is -0.588. The monoisotopic (exact) mass is 496 g/mol. The highest BCUT2D eigenvalue weighted by atomic mass is 35.5. The van der Waals surface area contributed by atoms with Gasteiger partial charge in [-0.1, -0.05) is 35.1 Å². The molecule has 1 saturated carbocycles. The zero-order valence-corrected chi connectivity index (χ0v) is 20.0. The van der Waals surface area contributed by atoms with Gasteiger partial charge in [-0.25, -0.2) is 18.2 Å². The van der Waals surface area contributed by atoms with Crippen molar-refractivity contribution in [2.75, 3.05) is 25.5 Å². The molecule has 32 heavy (non-hydrogen) atoms. The second-order valence-electron chi connectivity index (χ2n) is 8.22. The van der Waals surface area contributed by atoms with Crippen molar-refractivity contribution in [1.29, 1.82) is 0 Å². The third kappa shape index (κ3) is 5.07. The van der Waals surface area contributed by atoms with Crippen LogP contribution in [0.15, 0.2) is 35.4 Å². The first kappa shape index (κ1) is 23.0. The molecule has 8 nitrogen and oxygen atoms in total. The van der Waals surface area contributed by atoms with E-state index in [9.17, 15) is 18.0 Å². The van der Waals surface area contributed by atoms with Crippen molar-refractivity contribution < 1.29 is 18.0 Å². The molecular formula is C21H25ClN4O4S2. The molecule has 1 aromatic heterocycles. The average molecular weight is 497 g/mol. The van der Waals surface area contributed by atoms with Crippen molar-refractivity contribution in [3.63, 3.8) is 0 Å². The molecule has 11 heteroatoms. The van der Waals surface area contributed by atoms with Crippen LogP contribution in [0.5, 0.6) is 0 Å². The first-order valence-electron chi connectivity index (χ1n) is 10.5. The van der Waals surface area contributed by atoms with E-state index < -0.39 is 15.8 Å². The number of anilines is 1. The number of nitrogens with zero attached hydrogens (tertiary/aromatic N) is 2. The van der Waals surface area contributed by atoms with Crippen LogP contribution in [0.3, 0.4) is 0 Å². The second-order valence-corrected chi connectivity index (χ2v) is 12.1. The molecule has 1 saturated heterocycles. The number of likely N-dealkylation sites (tertiary alicyclic amines) is 1. The van der Waals surface area contributed by atoms with Gasteiger partial charge in [0, 0.05) is 20.1 Å². The van der Waals surface area contributed by atoms with E-state index in [0.29, 0.717) is 46.7 Å². The van der Waals surface area contributed by atoms with Gasteiger partial charge in [-0.15, -0.1) is 0 Å². The van der Waals surface area contributed by atoms with E-state index in [1.54, 1.807) is 36.2 Å². The minimum Gasteiger partial charge on any atom is -0.341 e. The lowest BCUT2D eigenvalue weighted by Gasteiger charge is -2.21. The van der Waals surface area contributed by atoms with Crippen LogP contribution in [-0.2, 0) is 14.6 Å². The Balaban J connectivity index is 1.54. The maximum atomic E-state index is 13.2. The van der Waals surface area contributed by atoms with Crippen molar-refractivity contribution in [3.8, 4) is 0 Å². The number of sulfone groups is 1. The summed E-state index contributed by atoms with van der Waals surface area (Å²) in [5.41, 5.74) is 0.735. The summed E-state index contributed by atoms with van der Waals surface area (Å²) in [7, 11) is -1.69. The number of rotatable bonds is 7. The standard InChI is InChI=1S/C21H25ClN4O4S2/c1-23-21(28)26-9-8-13(12-26)10-17(19(27)25-20-24-11-18(22)31-20)14-2-4-15(5-3-14)32(29,30)16-6-7-16/h2-5,11,13,16-17H,6-10,12H2,1H3,(H,23,28)(H,24,25,27). The van der Waals surface area contributed by atoms with Gasteiger partial charge in [0.2, 0.25) is 5.91 Å². The first-order chi connectivity index (χ1) is 15.3. The second kappa shape index (κ2) is 9.36. The highest BCUT2D eigenvalue weighted by molar-refractivity contribution is 7.92. The van der Waals surface area contributed by atoms with Crippen molar-refractivity contribution in [2.24, 2.45) is 5.92 Å². The summed E-state index contributed by atoms with van der Waals surface area (Å²) in [4.78, 5) is 31.3. The van der Waals surface area contributed by atoms with E-state index in [4.69, 9.17) is 11.6 Å². The number of halogens is 1. The van der Waals surface area contributed by atoms with Crippen LogP contribution in [0, 0.1) is 5.92 Å². The normalized spacial score (nSPS) is 19.6. The molecule has 3 amide bonds. The van der Waals surface area contributed by atoms with Crippen LogP contribution in [-0.4, -0.2) is 55.6 Å². The Morgan fingerprint density at radius 1 is 1.25 bits per heavy atom. The molecule has 1 aliphatic heterocycles. The van der Waals surface area contributed by atoms with Gasteiger partial charge in [-0.05, 0) is 49.3 Å². The number of hydrogen-bond acceptors (Lipinski definition) is 6. The minimum atomic E-state index is -3.29. The Bertz CT molecular complexity index is 1100. The number of thiazole rings is 1. The zero-order valence-electron chi connectivity index (χ0n) is 17.6. The summed E-state index contributed by atoms with van der Waals surface area (Å²) in [6, 6.07) is 6.50. The molecule has 2 N–H and O–H groups in total. The first-order valence-corrected chi connectivity index (χ1v) is 13.2. The molecule has 0 bridgehead atoms. The highest BCUT2D eigenvalue weighted by Gasteiger charge is 2.37. The topological polar surface area (TPSA) is 108 Å². The Kier molecular flexibility index (Phi) is 6.73. The minimum absolute atomic E-state index is 0.124. The molecule has 1 aliphatic carbocycles. The Morgan fingerprint density at radius 3 is 2.56 bits per heavy atom. The van der Waals surface area contributed by atoms with Gasteiger partial charge in [0.05, 0.1) is 22.3 Å². The van der Waals surface area contributed by atoms with Gasteiger partial charge in [0.1, 0.15) is 4.34 Å². The Morgan fingerprint density at radius 2 is 1.97 bits per heavy atom. The van der Waals surface area contributed by atoms with E-state index in [-0.39, 0.29) is 23.1 Å². The highest BCUT2D eigenvalue weighted by Crippen LogP contribution is 2.35. The summed E-state index contributed by atoms with van der Waals surface area (Å²) in [6.07, 6.45) is 4.22. The van der Waals surface area contributed by atoms with Gasteiger partial charge in [0.25, 0.3) is 0 Å². The maximum Gasteiger partial charge on any atom is 0.317 e. The quantitative estimate of drug-likeness (QED) is 0.609. The third-order valence-electron chi connectivity index (χ3n) is 5.95. The Hall–Kier alpha value is -2.17. The number of benzene rings is 1. The number of carbonyl (C=O) groups excluding carboxylic acids is 2. The third-order valence-corrected chi connectivity index (χ3v) is 9.26. The summed E-state index contributed by atoms with van der Waals surface area (Å²) in [6.45, 7) is 1.21. The van der Waals surface area contributed by atoms with Crippen molar-refractivity contribution in [1.82, 2.24) is 15.2 Å². The van der Waals surface area contributed by atoms with Crippen molar-refractivity contribution >= 4 is 49.8 Å². The van der Waals surface area contributed by atoms with Crippen LogP contribution < -0.4 is 10.6 Å². The van der Waals surface area contributed by atoms with E-state index in [1.165, 1.54) is 17.5 Å². The Labute approximate surface area is 196 Å². The number of amides is 3. The number of aromatic nitrogens is 1. The van der Waals surface area contributed by atoms with E-state index in [2.05, 4.69) is 15.6 Å². The van der Waals surface area contributed by atoms with Crippen LogP contribution in [0.25, 0.3) is 0 Å². The molecule has 0 radical (unpaired) electrons. The molecule has 2 fully saturated rings. The molecule has 2 unspecified atom stereocenters. The van der Waals surface area contributed by atoms with Gasteiger partial charge < -0.3 is 15.5 Å². The number of hydrogen-bond donors (Lipinski definition) is 2. The van der Waals surface area contributed by atoms with E-state index in [1.807, 2.05) is 0 Å². The molecule has 1 aromatic carbocycles. The molecule has 4 rings (SSSR count). The molecule has 2 aliphatic rings. The molecule has 0 spiro atoms. The molecule has 2 heterocycles. The molecule has 2 atom stereocenters. The predicted octanol–water partition coefficient (Wildman–Crippen LogP) is 3.51. The summed E-state index contributed by atoms with van der Waals surface area (Å²) < 4.78 is 25.5. The van der Waals surface area contributed by atoms with E-state index >= 15 is 0 Å². The lowest BCUT2D eigenvalue weighted by Crippen LogP contribution is -2.36. The lowest BCUT2D eigenvalue weighted by molar-refractivity contribution is -0.118. The molecular weight excluding hydrogens is 472 g/mol. The fourth-order valence-corrected chi connectivity index (χ4v) is 6.53. The average Bonchev–Trinajstić information content (AvgIpc) is 3.42. The van der Waals surface area contributed by atoms with Crippen LogP contribution >= 0.6 is 22.9 Å². The maximum absolute atomic E-state index is 13.2. The van der Waals surface area contributed by atoms with E-state index in [0.717, 1.165) is 12.0 Å². The fourth-order valence-electron chi connectivity index (χ4n) is 4.06. The smallest absolute Gasteiger partial charge is 0.317 e. The van der Waals surface area contributed by atoms with Crippen LogP contribution in [0.1, 0.15) is 37.2 Å². The van der Waals surface area contributed by atoms with Crippen LogP contribution in [0.2, 0.25) is 4.34 Å². The van der Waals surface area contributed by atoms with Gasteiger partial charge in [-0.3, -0.25) is 4.79 Å². The SMILES string of the molecule is CNC(=O)N1CCC(CC(C(=O)Nc2ncc(Cl)s2)c2ccc(S(=O)(=O)C3CC3)cc2)C1. The van der Waals surface area contributed by atoms with Gasteiger partial charge >= 0.3 is 6.03 Å². The molecule has 172 valence electrons. The fraction of sp³-hybridized carbons (Fsp3) is 0.476. The van der Waals surface area contributed by atoms with Crippen molar-refractivity contribution in [2.45, 2.75) is 41.7 Å². The number of carbonyl (C=O) groups is 2. The summed E-state index contributed by atoms with van der Waals surface area (Å²) >= 11 is 7.11. The predicted molar refractivity (Wildman–Crippen MR) is 124 cm³/mol. The zero-order chi connectivity index (χ0) is 22.9.